The van der Waals surface area contributed by atoms with Gasteiger partial charge >= 0.3 is 5.97 Å². The first-order valence-electron chi connectivity index (χ1n) is 3.61. The number of carbonyl (C=O) groups excluding carboxylic acids is 1. The molecular formula is C9H8BrIO2. The van der Waals surface area contributed by atoms with Gasteiger partial charge in [-0.2, -0.15) is 0 Å². The van der Waals surface area contributed by atoms with E-state index in [2.05, 4.69) is 43.3 Å². The second-order valence-electron chi connectivity index (χ2n) is 2.55. The van der Waals surface area contributed by atoms with Gasteiger partial charge in [0.15, 0.2) is 0 Å². The zero-order valence-corrected chi connectivity index (χ0v) is 11.0. The van der Waals surface area contributed by atoms with Crippen LogP contribution >= 0.6 is 38.5 Å². The fourth-order valence-electron chi connectivity index (χ4n) is 0.914. The molecule has 0 N–H and O–H groups in total. The first-order chi connectivity index (χ1) is 6.07. The molecule has 0 bridgehead atoms. The van der Waals surface area contributed by atoms with Gasteiger partial charge in [-0.3, -0.25) is 0 Å². The summed E-state index contributed by atoms with van der Waals surface area (Å²) in [6, 6.07) is 3.66. The van der Waals surface area contributed by atoms with E-state index in [1.165, 1.54) is 7.11 Å². The lowest BCUT2D eigenvalue weighted by molar-refractivity contribution is 0.0599. The normalized spacial score (nSPS) is 9.85. The van der Waals surface area contributed by atoms with E-state index in [-0.39, 0.29) is 5.97 Å². The Kier molecular flexibility index (Phi) is 3.73. The Balaban J connectivity index is 3.26. The van der Waals surface area contributed by atoms with E-state index >= 15 is 0 Å². The lowest BCUT2D eigenvalue weighted by atomic mass is 10.1. The van der Waals surface area contributed by atoms with E-state index in [0.717, 1.165) is 13.6 Å². The van der Waals surface area contributed by atoms with Crippen molar-refractivity contribution in [2.24, 2.45) is 0 Å². The molecule has 0 aliphatic carbocycles. The molecule has 0 unspecified atom stereocenters. The van der Waals surface area contributed by atoms with Gasteiger partial charge in [0, 0.05) is 8.04 Å². The summed E-state index contributed by atoms with van der Waals surface area (Å²) in [7, 11) is 1.38. The Morgan fingerprint density at radius 1 is 1.54 bits per heavy atom. The van der Waals surface area contributed by atoms with Crippen molar-refractivity contribution in [1.82, 2.24) is 0 Å². The monoisotopic (exact) mass is 354 g/mol. The molecular weight excluding hydrogens is 347 g/mol. The highest BCUT2D eigenvalue weighted by Gasteiger charge is 2.13. The maximum Gasteiger partial charge on any atom is 0.338 e. The van der Waals surface area contributed by atoms with Gasteiger partial charge in [-0.25, -0.2) is 4.79 Å². The molecule has 0 saturated carbocycles. The maximum absolute atomic E-state index is 11.2. The summed E-state index contributed by atoms with van der Waals surface area (Å²) >= 11 is 5.53. The summed E-state index contributed by atoms with van der Waals surface area (Å²) in [6.07, 6.45) is 0. The Hall–Kier alpha value is -0.100. The van der Waals surface area contributed by atoms with Crippen molar-refractivity contribution >= 4 is 44.5 Å². The van der Waals surface area contributed by atoms with Gasteiger partial charge in [-0.1, -0.05) is 6.07 Å². The van der Waals surface area contributed by atoms with Crippen molar-refractivity contribution in [3.8, 4) is 0 Å². The SMILES string of the molecule is COC(=O)c1ccc(C)c(Br)c1I. The van der Waals surface area contributed by atoms with Gasteiger partial charge in [-0.05, 0) is 57.1 Å². The van der Waals surface area contributed by atoms with Crippen molar-refractivity contribution in [2.45, 2.75) is 6.92 Å². The average molecular weight is 355 g/mol. The van der Waals surface area contributed by atoms with Crippen molar-refractivity contribution in [1.29, 1.82) is 0 Å². The van der Waals surface area contributed by atoms with Crippen LogP contribution in [0.25, 0.3) is 0 Å². The highest BCUT2D eigenvalue weighted by Crippen LogP contribution is 2.26. The molecule has 1 aromatic rings. The number of esters is 1. The van der Waals surface area contributed by atoms with Gasteiger partial charge < -0.3 is 4.74 Å². The van der Waals surface area contributed by atoms with Gasteiger partial charge in [0.2, 0.25) is 0 Å². The highest BCUT2D eigenvalue weighted by atomic mass is 127. The molecule has 0 fully saturated rings. The van der Waals surface area contributed by atoms with Gasteiger partial charge in [-0.15, -0.1) is 0 Å². The molecule has 1 rings (SSSR count). The summed E-state index contributed by atoms with van der Waals surface area (Å²) in [5.74, 6) is -0.301. The molecule has 0 spiro atoms. The van der Waals surface area contributed by atoms with Crippen molar-refractivity contribution in [3.63, 3.8) is 0 Å². The van der Waals surface area contributed by atoms with Crippen LogP contribution in [0.5, 0.6) is 0 Å². The molecule has 0 atom stereocenters. The molecule has 0 aromatic heterocycles. The maximum atomic E-state index is 11.2. The zero-order valence-electron chi connectivity index (χ0n) is 7.23. The lowest BCUT2D eigenvalue weighted by Crippen LogP contribution is -2.04. The molecule has 4 heteroatoms. The smallest absolute Gasteiger partial charge is 0.338 e. The third kappa shape index (κ3) is 2.22. The van der Waals surface area contributed by atoms with Crippen LogP contribution in [-0.2, 0) is 4.74 Å². The minimum absolute atomic E-state index is 0.301. The topological polar surface area (TPSA) is 26.3 Å². The molecule has 70 valence electrons. The largest absolute Gasteiger partial charge is 0.465 e. The third-order valence-electron chi connectivity index (χ3n) is 1.68. The van der Waals surface area contributed by atoms with Crippen LogP contribution in [0.15, 0.2) is 16.6 Å². The van der Waals surface area contributed by atoms with Crippen LogP contribution in [0.4, 0.5) is 0 Å². The minimum atomic E-state index is -0.301. The van der Waals surface area contributed by atoms with Crippen LogP contribution in [0.2, 0.25) is 0 Å². The molecule has 0 heterocycles. The summed E-state index contributed by atoms with van der Waals surface area (Å²) in [4.78, 5) is 11.2. The first kappa shape index (κ1) is 11.0. The second-order valence-corrected chi connectivity index (χ2v) is 4.42. The minimum Gasteiger partial charge on any atom is -0.465 e. The number of ether oxygens (including phenoxy) is 1. The summed E-state index contributed by atoms with van der Waals surface area (Å²) in [6.45, 7) is 1.98. The van der Waals surface area contributed by atoms with E-state index < -0.39 is 0 Å². The van der Waals surface area contributed by atoms with Gasteiger partial charge in [0.05, 0.1) is 12.7 Å². The number of rotatable bonds is 1. The first-order valence-corrected chi connectivity index (χ1v) is 5.48. The molecule has 0 radical (unpaired) electrons. The van der Waals surface area contributed by atoms with E-state index in [1.807, 2.05) is 13.0 Å². The number of hydrogen-bond donors (Lipinski definition) is 0. The van der Waals surface area contributed by atoms with E-state index in [9.17, 15) is 4.79 Å². The van der Waals surface area contributed by atoms with Crippen molar-refractivity contribution < 1.29 is 9.53 Å². The van der Waals surface area contributed by atoms with Crippen LogP contribution in [-0.4, -0.2) is 13.1 Å². The molecule has 1 aromatic carbocycles. The van der Waals surface area contributed by atoms with Crippen LogP contribution < -0.4 is 0 Å². The average Bonchev–Trinajstić information content (AvgIpc) is 2.13. The quantitative estimate of drug-likeness (QED) is 0.572. The molecule has 0 saturated heterocycles. The molecule has 2 nitrogen and oxygen atoms in total. The molecule has 0 aliphatic rings. The fraction of sp³-hybridized carbons (Fsp3) is 0.222. The molecule has 13 heavy (non-hydrogen) atoms. The Morgan fingerprint density at radius 3 is 2.69 bits per heavy atom. The number of methoxy groups -OCH3 is 1. The van der Waals surface area contributed by atoms with E-state index in [4.69, 9.17) is 0 Å². The van der Waals surface area contributed by atoms with E-state index in [0.29, 0.717) is 5.56 Å². The zero-order chi connectivity index (χ0) is 10.0. The highest BCUT2D eigenvalue weighted by molar-refractivity contribution is 14.1. The van der Waals surface area contributed by atoms with Crippen LogP contribution in [0.3, 0.4) is 0 Å². The summed E-state index contributed by atoms with van der Waals surface area (Å²) in [5.41, 5.74) is 1.71. The number of halogens is 2. The standard InChI is InChI=1S/C9H8BrIO2/c1-5-3-4-6(9(12)13-2)8(11)7(5)10/h3-4H,1-2H3. The fourth-order valence-corrected chi connectivity index (χ4v) is 2.08. The van der Waals surface area contributed by atoms with Gasteiger partial charge in [0.25, 0.3) is 0 Å². The third-order valence-corrected chi connectivity index (χ3v) is 4.56. The van der Waals surface area contributed by atoms with Crippen LogP contribution in [0.1, 0.15) is 15.9 Å². The summed E-state index contributed by atoms with van der Waals surface area (Å²) < 4.78 is 6.50. The van der Waals surface area contributed by atoms with Crippen molar-refractivity contribution in [3.05, 3.63) is 31.3 Å². The number of benzene rings is 1. The van der Waals surface area contributed by atoms with Crippen molar-refractivity contribution in [2.75, 3.05) is 7.11 Å². The van der Waals surface area contributed by atoms with Crippen LogP contribution in [0, 0.1) is 10.5 Å². The second kappa shape index (κ2) is 4.41. The molecule has 0 aliphatic heterocycles. The lowest BCUT2D eigenvalue weighted by Gasteiger charge is -2.06. The predicted molar refractivity (Wildman–Crippen MR) is 62.9 cm³/mol. The number of carbonyl (C=O) groups is 1. The van der Waals surface area contributed by atoms with Gasteiger partial charge in [0.1, 0.15) is 0 Å². The number of hydrogen-bond acceptors (Lipinski definition) is 2. The Morgan fingerprint density at radius 2 is 2.15 bits per heavy atom. The predicted octanol–water partition coefficient (Wildman–Crippen LogP) is 3.15. The Bertz CT molecular complexity index is 350. The Labute approximate surface area is 98.9 Å². The number of aryl methyl sites for hydroxylation is 1. The molecule has 0 amide bonds. The van der Waals surface area contributed by atoms with E-state index in [1.54, 1.807) is 6.07 Å². The summed E-state index contributed by atoms with van der Waals surface area (Å²) in [5, 5.41) is 0.